The van der Waals surface area contributed by atoms with E-state index in [0.717, 1.165) is 35.0 Å². The molecule has 4 N–H and O–H groups in total. The molecular formula is C29H36N4O4. The van der Waals surface area contributed by atoms with Crippen LogP contribution in [0.3, 0.4) is 0 Å². The minimum Gasteiger partial charge on any atom is -0.489 e. The molecule has 4 rings (SSSR count). The van der Waals surface area contributed by atoms with Gasteiger partial charge in [0.2, 0.25) is 5.91 Å². The predicted molar refractivity (Wildman–Crippen MR) is 143 cm³/mol. The van der Waals surface area contributed by atoms with Gasteiger partial charge in [-0.3, -0.25) is 19.8 Å². The van der Waals surface area contributed by atoms with Gasteiger partial charge in [0.05, 0.1) is 11.9 Å². The molecule has 1 fully saturated rings. The largest absolute Gasteiger partial charge is 0.489 e. The van der Waals surface area contributed by atoms with E-state index in [1.807, 2.05) is 37.3 Å². The van der Waals surface area contributed by atoms with Crippen LogP contribution in [-0.4, -0.2) is 39.6 Å². The van der Waals surface area contributed by atoms with E-state index in [4.69, 9.17) is 9.94 Å². The quantitative estimate of drug-likeness (QED) is 0.253. The Labute approximate surface area is 217 Å². The van der Waals surface area contributed by atoms with E-state index < -0.39 is 11.4 Å². The van der Waals surface area contributed by atoms with Crippen LogP contribution in [-0.2, 0) is 11.4 Å². The van der Waals surface area contributed by atoms with Gasteiger partial charge in [0.15, 0.2) is 0 Å². The number of hydrogen-bond donors (Lipinski definition) is 4. The second-order valence-electron chi connectivity index (χ2n) is 10.3. The van der Waals surface area contributed by atoms with Crippen LogP contribution in [0.4, 0.5) is 0 Å². The highest BCUT2D eigenvalue weighted by atomic mass is 16.5. The molecule has 8 heteroatoms. The molecule has 1 aromatic heterocycles. The summed E-state index contributed by atoms with van der Waals surface area (Å²) in [5.41, 5.74) is 4.43. The lowest BCUT2D eigenvalue weighted by atomic mass is 9.76. The Morgan fingerprint density at radius 3 is 2.49 bits per heavy atom. The number of hydroxylamine groups is 1. The molecule has 37 heavy (non-hydrogen) atoms. The maximum atomic E-state index is 13.2. The zero-order valence-electron chi connectivity index (χ0n) is 21.7. The van der Waals surface area contributed by atoms with Gasteiger partial charge in [0, 0.05) is 39.8 Å². The molecular weight excluding hydrogens is 468 g/mol. The second-order valence-corrected chi connectivity index (χ2v) is 10.3. The number of ether oxygens (including phenoxy) is 1. The molecule has 0 radical (unpaired) electrons. The average Bonchev–Trinajstić information content (AvgIpc) is 2.88. The molecule has 1 aliphatic carbocycles. The molecule has 0 aliphatic heterocycles. The van der Waals surface area contributed by atoms with Gasteiger partial charge in [0.1, 0.15) is 12.4 Å². The smallest absolute Gasteiger partial charge is 0.251 e. The number of aryl methyl sites for hydroxylation is 1. The highest BCUT2D eigenvalue weighted by Crippen LogP contribution is 2.32. The Kier molecular flexibility index (Phi) is 8.41. The number of pyridine rings is 1. The van der Waals surface area contributed by atoms with Crippen LogP contribution in [0, 0.1) is 6.92 Å². The summed E-state index contributed by atoms with van der Waals surface area (Å²) in [7, 11) is 0. The minimum absolute atomic E-state index is 0.0319. The van der Waals surface area contributed by atoms with E-state index in [0.29, 0.717) is 42.8 Å². The van der Waals surface area contributed by atoms with Crippen molar-refractivity contribution in [1.29, 1.82) is 0 Å². The summed E-state index contributed by atoms with van der Waals surface area (Å²) in [6.45, 7) is 6.57. The summed E-state index contributed by atoms with van der Waals surface area (Å²) >= 11 is 0. The van der Waals surface area contributed by atoms with Gasteiger partial charge in [-0.25, -0.2) is 5.48 Å². The first-order chi connectivity index (χ1) is 17.8. The van der Waals surface area contributed by atoms with E-state index in [1.54, 1.807) is 29.7 Å². The summed E-state index contributed by atoms with van der Waals surface area (Å²) in [5.74, 6) is -0.0914. The van der Waals surface area contributed by atoms with Crippen molar-refractivity contribution in [3.05, 3.63) is 71.4 Å². The minimum atomic E-state index is -0.700. The van der Waals surface area contributed by atoms with Crippen molar-refractivity contribution in [3.63, 3.8) is 0 Å². The fraction of sp³-hybridized carbons (Fsp3) is 0.414. The van der Waals surface area contributed by atoms with Gasteiger partial charge < -0.3 is 15.4 Å². The van der Waals surface area contributed by atoms with E-state index in [-0.39, 0.29) is 12.3 Å². The van der Waals surface area contributed by atoms with Gasteiger partial charge in [0.25, 0.3) is 5.91 Å². The van der Waals surface area contributed by atoms with Crippen molar-refractivity contribution in [1.82, 2.24) is 21.1 Å². The third-order valence-electron chi connectivity index (χ3n) is 6.95. The molecule has 1 heterocycles. The zero-order valence-corrected chi connectivity index (χ0v) is 21.7. The Morgan fingerprint density at radius 2 is 1.81 bits per heavy atom. The molecule has 0 saturated heterocycles. The van der Waals surface area contributed by atoms with Crippen molar-refractivity contribution in [2.75, 3.05) is 0 Å². The van der Waals surface area contributed by atoms with Crippen LogP contribution in [0.25, 0.3) is 10.9 Å². The summed E-state index contributed by atoms with van der Waals surface area (Å²) < 4.78 is 6.02. The van der Waals surface area contributed by atoms with Crippen LogP contribution in [0.1, 0.15) is 67.6 Å². The van der Waals surface area contributed by atoms with Crippen molar-refractivity contribution < 1.29 is 19.5 Å². The first-order valence-electron chi connectivity index (χ1n) is 12.9. The number of nitrogens with one attached hydrogen (secondary N) is 3. The lowest BCUT2D eigenvalue weighted by Crippen LogP contribution is -2.55. The normalized spacial score (nSPS) is 19.5. The summed E-state index contributed by atoms with van der Waals surface area (Å²) in [6, 6.07) is 17.7. The Morgan fingerprint density at radius 1 is 1.11 bits per heavy atom. The number of benzene rings is 2. The number of carbonyl (C=O) groups is 2. The number of hydrogen-bond acceptors (Lipinski definition) is 6. The molecule has 0 atom stereocenters. The molecule has 0 bridgehead atoms. The maximum Gasteiger partial charge on any atom is 0.251 e. The lowest BCUT2D eigenvalue weighted by Gasteiger charge is -2.41. The first-order valence-corrected chi connectivity index (χ1v) is 12.9. The lowest BCUT2D eigenvalue weighted by molar-refractivity contribution is -0.131. The average molecular weight is 505 g/mol. The molecule has 2 aromatic carbocycles. The van der Waals surface area contributed by atoms with Gasteiger partial charge in [-0.1, -0.05) is 32.0 Å². The number of amides is 2. The molecule has 2 amide bonds. The van der Waals surface area contributed by atoms with Crippen molar-refractivity contribution in [2.45, 2.75) is 77.1 Å². The van der Waals surface area contributed by atoms with Crippen LogP contribution in [0.5, 0.6) is 5.75 Å². The van der Waals surface area contributed by atoms with E-state index in [2.05, 4.69) is 29.5 Å². The van der Waals surface area contributed by atoms with Crippen LogP contribution < -0.4 is 20.9 Å². The van der Waals surface area contributed by atoms with Crippen LogP contribution >= 0.6 is 0 Å². The second kappa shape index (κ2) is 11.7. The summed E-state index contributed by atoms with van der Waals surface area (Å²) in [6.07, 6.45) is 3.01. The number of para-hydroxylation sites is 1. The summed E-state index contributed by atoms with van der Waals surface area (Å²) in [4.78, 5) is 29.8. The number of carbonyl (C=O) groups excluding carboxylic acids is 2. The molecule has 3 aromatic rings. The topological polar surface area (TPSA) is 113 Å². The number of rotatable bonds is 9. The maximum absolute atomic E-state index is 13.2. The Hall–Kier alpha value is -3.49. The van der Waals surface area contributed by atoms with E-state index in [9.17, 15) is 9.59 Å². The van der Waals surface area contributed by atoms with Crippen LogP contribution in [0.2, 0.25) is 0 Å². The Bertz CT molecular complexity index is 1230. The fourth-order valence-corrected chi connectivity index (χ4v) is 5.19. The number of fused-ring (bicyclic) bond motifs is 1. The van der Waals surface area contributed by atoms with Gasteiger partial charge >= 0.3 is 0 Å². The predicted octanol–water partition coefficient (Wildman–Crippen LogP) is 4.43. The van der Waals surface area contributed by atoms with Gasteiger partial charge in [-0.15, -0.1) is 0 Å². The standard InChI is InChI=1S/C29H36N4O4/c1-19(2)30-23-12-14-29(15-13-23,17-27(34)33-36)32-28(35)21-8-10-24(11-9-21)37-18-22-16-20(3)31-26-7-5-4-6-25(22)26/h4-11,16,19,23,30,36H,12-15,17-18H2,1-3H3,(H,32,35)(H,33,34)/t23-,29+. The molecule has 1 aliphatic rings. The Balaban J connectivity index is 1.41. The summed E-state index contributed by atoms with van der Waals surface area (Å²) in [5, 5.41) is 16.8. The van der Waals surface area contributed by atoms with Crippen LogP contribution in [0.15, 0.2) is 54.6 Å². The molecule has 1 saturated carbocycles. The highest BCUT2D eigenvalue weighted by Gasteiger charge is 2.38. The third-order valence-corrected chi connectivity index (χ3v) is 6.95. The molecule has 8 nitrogen and oxygen atoms in total. The monoisotopic (exact) mass is 504 g/mol. The molecule has 0 spiro atoms. The zero-order chi connectivity index (χ0) is 26.4. The first kappa shape index (κ1) is 26.6. The molecule has 0 unspecified atom stereocenters. The van der Waals surface area contributed by atoms with Gasteiger partial charge in [-0.05, 0) is 69.0 Å². The van der Waals surface area contributed by atoms with Crippen molar-refractivity contribution >= 4 is 22.7 Å². The van der Waals surface area contributed by atoms with E-state index in [1.165, 1.54) is 0 Å². The van der Waals surface area contributed by atoms with Crippen molar-refractivity contribution in [2.24, 2.45) is 0 Å². The fourth-order valence-electron chi connectivity index (χ4n) is 5.19. The SMILES string of the molecule is Cc1cc(COc2ccc(C(=O)N[C@]3(CC(=O)NO)CC[C@H](NC(C)C)CC3)cc2)c2ccccc2n1. The highest BCUT2D eigenvalue weighted by molar-refractivity contribution is 5.95. The van der Waals surface area contributed by atoms with E-state index >= 15 is 0 Å². The molecule has 196 valence electrons. The number of aromatic nitrogens is 1. The van der Waals surface area contributed by atoms with Crippen molar-refractivity contribution in [3.8, 4) is 5.75 Å². The third kappa shape index (κ3) is 6.84. The van der Waals surface area contributed by atoms with Gasteiger partial charge in [-0.2, -0.15) is 0 Å². The number of nitrogens with zero attached hydrogens (tertiary/aromatic N) is 1.